The van der Waals surface area contributed by atoms with E-state index in [1.807, 2.05) is 47.3 Å². The number of amides is 1. The molecule has 1 saturated heterocycles. The Morgan fingerprint density at radius 2 is 2.00 bits per heavy atom. The van der Waals surface area contributed by atoms with Crippen molar-refractivity contribution in [1.82, 2.24) is 29.3 Å². The van der Waals surface area contributed by atoms with Crippen molar-refractivity contribution in [3.8, 4) is 11.3 Å². The monoisotopic (exact) mass is 362 g/mol. The Hall–Kier alpha value is -2.96. The molecule has 0 radical (unpaired) electrons. The summed E-state index contributed by atoms with van der Waals surface area (Å²) in [7, 11) is 1.91. The van der Waals surface area contributed by atoms with E-state index in [9.17, 15) is 4.79 Å². The van der Waals surface area contributed by atoms with Crippen molar-refractivity contribution < 1.29 is 4.79 Å². The summed E-state index contributed by atoms with van der Waals surface area (Å²) in [5.74, 6) is 1.55. The Bertz CT molecular complexity index is 1020. The van der Waals surface area contributed by atoms with E-state index in [1.54, 1.807) is 4.68 Å². The molecule has 0 unspecified atom stereocenters. The Morgan fingerprint density at radius 1 is 1.22 bits per heavy atom. The second-order valence-corrected chi connectivity index (χ2v) is 7.71. The van der Waals surface area contributed by atoms with Crippen molar-refractivity contribution >= 4 is 11.4 Å². The van der Waals surface area contributed by atoms with Crippen LogP contribution in [0.1, 0.15) is 24.5 Å². The van der Waals surface area contributed by atoms with Crippen molar-refractivity contribution in [3.05, 3.63) is 49.2 Å². The number of carbonyl (C=O) groups excluding carboxylic acids is 1. The highest BCUT2D eigenvalue weighted by Crippen LogP contribution is 2.46. The number of hydrogen-bond donors (Lipinski definition) is 0. The maximum absolute atomic E-state index is 11.9. The van der Waals surface area contributed by atoms with Gasteiger partial charge in [0.25, 0.3) is 0 Å². The third-order valence-electron chi connectivity index (χ3n) is 6.04. The fourth-order valence-corrected chi connectivity index (χ4v) is 4.78. The van der Waals surface area contributed by atoms with Gasteiger partial charge in [-0.05, 0) is 36.8 Å². The first-order valence-electron chi connectivity index (χ1n) is 9.37. The first-order valence-corrected chi connectivity index (χ1v) is 9.37. The zero-order valence-corrected chi connectivity index (χ0v) is 15.3. The quantitative estimate of drug-likeness (QED) is 0.670. The molecule has 1 amide bonds. The maximum atomic E-state index is 11.9. The van der Waals surface area contributed by atoms with E-state index in [1.165, 1.54) is 6.08 Å². The molecule has 1 aliphatic heterocycles. The highest BCUT2D eigenvalue weighted by atomic mass is 16.2. The van der Waals surface area contributed by atoms with Gasteiger partial charge in [0.15, 0.2) is 0 Å². The predicted octanol–water partition coefficient (Wildman–Crippen LogP) is 2.27. The number of aryl methyl sites for hydroxylation is 1. The van der Waals surface area contributed by atoms with Gasteiger partial charge in [0.1, 0.15) is 0 Å². The minimum Gasteiger partial charge on any atom is -0.339 e. The van der Waals surface area contributed by atoms with Crippen molar-refractivity contribution in [2.75, 3.05) is 13.1 Å². The van der Waals surface area contributed by atoms with Crippen molar-refractivity contribution in [1.29, 1.82) is 0 Å². The maximum Gasteiger partial charge on any atom is 0.245 e. The molecule has 0 bridgehead atoms. The average molecular weight is 362 g/mol. The lowest BCUT2D eigenvalue weighted by molar-refractivity contribution is -0.125. The highest BCUT2D eigenvalue weighted by Gasteiger charge is 2.43. The van der Waals surface area contributed by atoms with E-state index in [4.69, 9.17) is 4.98 Å². The summed E-state index contributed by atoms with van der Waals surface area (Å²) in [5.41, 5.74) is 4.09. The van der Waals surface area contributed by atoms with Gasteiger partial charge >= 0.3 is 0 Å². The Morgan fingerprint density at radius 3 is 2.67 bits per heavy atom. The average Bonchev–Trinajstić information content (AvgIpc) is 3.42. The predicted molar refractivity (Wildman–Crippen MR) is 101 cm³/mol. The molecule has 1 saturated carbocycles. The van der Waals surface area contributed by atoms with Crippen LogP contribution in [-0.4, -0.2) is 48.3 Å². The van der Waals surface area contributed by atoms with E-state index in [-0.39, 0.29) is 5.91 Å². The Balaban J connectivity index is 1.47. The van der Waals surface area contributed by atoms with Crippen LogP contribution in [0, 0.1) is 11.8 Å². The van der Waals surface area contributed by atoms with Crippen LogP contribution in [0.25, 0.3) is 16.8 Å². The summed E-state index contributed by atoms with van der Waals surface area (Å²) >= 11 is 0. The standard InChI is InChI=1S/C20H22N6O/c1-3-19(27)25-10-14-6-13(7-15(14)11-25)20-18-4-5-21-26(18)12-17(23-20)16-8-22-24(2)9-16/h3-5,8-9,12-15H,1,6-7,10-11H2,2H3/t13-,14-,15+. The normalized spacial score (nSPS) is 24.5. The molecule has 3 aromatic heterocycles. The van der Waals surface area contributed by atoms with Crippen LogP contribution in [-0.2, 0) is 11.8 Å². The Kier molecular flexibility index (Phi) is 3.63. The zero-order valence-electron chi connectivity index (χ0n) is 15.3. The van der Waals surface area contributed by atoms with Gasteiger partial charge in [-0.25, -0.2) is 9.50 Å². The number of aromatic nitrogens is 5. The number of fused-ring (bicyclic) bond motifs is 2. The number of carbonyl (C=O) groups is 1. The number of nitrogens with zero attached hydrogens (tertiary/aromatic N) is 6. The fraction of sp³-hybridized carbons (Fsp3) is 0.400. The molecule has 27 heavy (non-hydrogen) atoms. The zero-order chi connectivity index (χ0) is 18.5. The van der Waals surface area contributed by atoms with Gasteiger partial charge in [-0.2, -0.15) is 10.2 Å². The fourth-order valence-electron chi connectivity index (χ4n) is 4.78. The smallest absolute Gasteiger partial charge is 0.245 e. The van der Waals surface area contributed by atoms with E-state index < -0.39 is 0 Å². The Labute approximate surface area is 157 Å². The van der Waals surface area contributed by atoms with Gasteiger partial charge in [-0.15, -0.1) is 0 Å². The van der Waals surface area contributed by atoms with E-state index in [2.05, 4.69) is 16.8 Å². The number of rotatable bonds is 3. The third kappa shape index (κ3) is 2.65. The third-order valence-corrected chi connectivity index (χ3v) is 6.04. The van der Waals surface area contributed by atoms with Crippen LogP contribution in [0.15, 0.2) is 43.5 Å². The van der Waals surface area contributed by atoms with Crippen LogP contribution in [0.4, 0.5) is 0 Å². The molecule has 5 rings (SSSR count). The number of likely N-dealkylation sites (tertiary alicyclic amines) is 1. The van der Waals surface area contributed by atoms with Gasteiger partial charge in [-0.3, -0.25) is 9.48 Å². The van der Waals surface area contributed by atoms with Gasteiger partial charge in [0, 0.05) is 37.8 Å². The summed E-state index contributed by atoms with van der Waals surface area (Å²) in [6.45, 7) is 5.29. The van der Waals surface area contributed by atoms with Crippen molar-refractivity contribution in [3.63, 3.8) is 0 Å². The highest BCUT2D eigenvalue weighted by molar-refractivity contribution is 5.87. The molecule has 7 nitrogen and oxygen atoms in total. The molecule has 0 N–H and O–H groups in total. The van der Waals surface area contributed by atoms with Crippen molar-refractivity contribution in [2.45, 2.75) is 18.8 Å². The molecular weight excluding hydrogens is 340 g/mol. The minimum atomic E-state index is 0.0517. The van der Waals surface area contributed by atoms with Crippen LogP contribution >= 0.6 is 0 Å². The first-order chi connectivity index (χ1) is 13.1. The molecule has 138 valence electrons. The molecule has 2 fully saturated rings. The lowest BCUT2D eigenvalue weighted by atomic mass is 10.00. The number of hydrogen-bond acceptors (Lipinski definition) is 4. The summed E-state index contributed by atoms with van der Waals surface area (Å²) in [6.07, 6.45) is 11.2. The molecule has 4 heterocycles. The van der Waals surface area contributed by atoms with Gasteiger partial charge in [0.2, 0.25) is 5.91 Å². The SMILES string of the molecule is C=CC(=O)N1C[C@H]2C[C@@H](c3nc(-c4cnn(C)c4)cn4nccc34)C[C@H]2C1. The van der Waals surface area contributed by atoms with Crippen LogP contribution in [0.3, 0.4) is 0 Å². The second-order valence-electron chi connectivity index (χ2n) is 7.71. The lowest BCUT2D eigenvalue weighted by Crippen LogP contribution is -2.28. The lowest BCUT2D eigenvalue weighted by Gasteiger charge is -2.18. The second kappa shape index (κ2) is 6.04. The van der Waals surface area contributed by atoms with Crippen molar-refractivity contribution in [2.24, 2.45) is 18.9 Å². The molecule has 0 spiro atoms. The van der Waals surface area contributed by atoms with Crippen LogP contribution in [0.2, 0.25) is 0 Å². The molecule has 1 aliphatic carbocycles. The van der Waals surface area contributed by atoms with Gasteiger partial charge in [0.05, 0.1) is 35.5 Å². The summed E-state index contributed by atoms with van der Waals surface area (Å²) in [4.78, 5) is 18.9. The van der Waals surface area contributed by atoms with E-state index in [0.717, 1.165) is 48.4 Å². The summed E-state index contributed by atoms with van der Waals surface area (Å²) in [5, 5.41) is 8.72. The molecule has 3 aromatic rings. The molecule has 0 aromatic carbocycles. The van der Waals surface area contributed by atoms with E-state index in [0.29, 0.717) is 17.8 Å². The van der Waals surface area contributed by atoms with Gasteiger partial charge < -0.3 is 4.90 Å². The largest absolute Gasteiger partial charge is 0.339 e. The molecular formula is C20H22N6O. The molecule has 2 aliphatic rings. The van der Waals surface area contributed by atoms with Gasteiger partial charge in [-0.1, -0.05) is 6.58 Å². The van der Waals surface area contributed by atoms with E-state index >= 15 is 0 Å². The van der Waals surface area contributed by atoms with Crippen LogP contribution < -0.4 is 0 Å². The summed E-state index contributed by atoms with van der Waals surface area (Å²) < 4.78 is 3.71. The topological polar surface area (TPSA) is 68.3 Å². The summed E-state index contributed by atoms with van der Waals surface area (Å²) in [6, 6.07) is 2.04. The minimum absolute atomic E-state index is 0.0517. The first kappa shape index (κ1) is 16.2. The molecule has 7 heteroatoms. The molecule has 3 atom stereocenters. The van der Waals surface area contributed by atoms with Crippen LogP contribution in [0.5, 0.6) is 0 Å².